The first-order valence-corrected chi connectivity index (χ1v) is 3.26. The van der Waals surface area contributed by atoms with E-state index in [9.17, 15) is 0 Å². The second kappa shape index (κ2) is 31.4. The van der Waals surface area contributed by atoms with Gasteiger partial charge in [-0.3, -0.25) is 19.6 Å². The molecule has 0 saturated heterocycles. The van der Waals surface area contributed by atoms with Gasteiger partial charge >= 0.3 is 24.6 Å². The molecule has 0 aliphatic rings. The molecule has 0 aliphatic heterocycles. The molecule has 0 fully saturated rings. The van der Waals surface area contributed by atoms with E-state index in [1.165, 1.54) is 0 Å². The van der Waals surface area contributed by atoms with Crippen molar-refractivity contribution in [3.05, 3.63) is 0 Å². The van der Waals surface area contributed by atoms with Gasteiger partial charge in [-0.05, 0) is 0 Å². The van der Waals surface area contributed by atoms with Crippen LogP contribution in [0.3, 0.4) is 0 Å². The summed E-state index contributed by atoms with van der Waals surface area (Å²) in [6.45, 7) is 0. The standard InChI is InChI=1S/4CH2O4.Co.Zn/c4*2-1(3)5-4;;/h4*4H,(H,2,3);;. The molecule has 0 atom stereocenters. The predicted molar refractivity (Wildman–Crippen MR) is 47.0 cm³/mol. The molecule has 8 N–H and O–H groups in total. The van der Waals surface area contributed by atoms with Crippen molar-refractivity contribution in [2.75, 3.05) is 0 Å². The van der Waals surface area contributed by atoms with Crippen LogP contribution in [0.2, 0.25) is 0 Å². The monoisotopic (exact) mass is 435 g/mol. The van der Waals surface area contributed by atoms with E-state index in [4.69, 9.17) is 60.6 Å². The Balaban J connectivity index is -0.0000000376. The SMILES string of the molecule is O=C(O)OO.O=C(O)OO.O=C(O)OO.O=C(O)OO.[Co].[Zn]. The van der Waals surface area contributed by atoms with Crippen LogP contribution in [0.4, 0.5) is 19.2 Å². The molecule has 0 rings (SSSR count). The van der Waals surface area contributed by atoms with Crippen LogP contribution in [0.15, 0.2) is 0 Å². The first-order valence-electron chi connectivity index (χ1n) is 3.26. The molecule has 0 unspecified atom stereocenters. The Bertz CT molecular complexity index is 223. The van der Waals surface area contributed by atoms with Gasteiger partial charge in [-0.1, -0.05) is 0 Å². The number of hydrogen-bond donors (Lipinski definition) is 8. The molecule has 0 aliphatic carbocycles. The zero-order chi connectivity index (χ0) is 17.1. The maximum absolute atomic E-state index is 8.90. The summed E-state index contributed by atoms with van der Waals surface area (Å²) in [7, 11) is 0. The van der Waals surface area contributed by atoms with Crippen LogP contribution in [0.25, 0.3) is 0 Å². The number of carbonyl (C=O) groups is 4. The van der Waals surface area contributed by atoms with Gasteiger partial charge < -0.3 is 20.4 Å². The second-order valence-electron chi connectivity index (χ2n) is 1.43. The Hall–Kier alpha value is -1.95. The molecular weight excluding hydrogens is 428 g/mol. The van der Waals surface area contributed by atoms with E-state index >= 15 is 0 Å². The third-order valence-electron chi connectivity index (χ3n) is 0.312. The van der Waals surface area contributed by atoms with Crippen molar-refractivity contribution < 1.29 is 116 Å². The molecule has 0 aromatic heterocycles. The predicted octanol–water partition coefficient (Wildman–Crippen LogP) is 0.611. The van der Waals surface area contributed by atoms with Crippen LogP contribution in [0.1, 0.15) is 0 Å². The summed E-state index contributed by atoms with van der Waals surface area (Å²) in [5, 5.41) is 57.2. The van der Waals surface area contributed by atoms with E-state index in [0.29, 0.717) is 0 Å². The minimum atomic E-state index is -1.69. The second-order valence-corrected chi connectivity index (χ2v) is 1.43. The third kappa shape index (κ3) is 143. The first kappa shape index (κ1) is 36.9. The van der Waals surface area contributed by atoms with Crippen LogP contribution in [0.5, 0.6) is 0 Å². The van der Waals surface area contributed by atoms with Crippen LogP contribution < -0.4 is 0 Å². The zero-order valence-electron chi connectivity index (χ0n) is 9.88. The average Bonchev–Trinajstić information content (AvgIpc) is 2.40. The molecule has 0 saturated carbocycles. The van der Waals surface area contributed by atoms with Crippen LogP contribution in [-0.4, -0.2) is 66.1 Å². The number of rotatable bonds is 0. The maximum Gasteiger partial charge on any atom is 0.537 e. The quantitative estimate of drug-likeness (QED) is 0.112. The van der Waals surface area contributed by atoms with Crippen molar-refractivity contribution in [3.8, 4) is 0 Å². The summed E-state index contributed by atoms with van der Waals surface area (Å²) in [6.07, 6.45) is -6.76. The van der Waals surface area contributed by atoms with Crippen molar-refractivity contribution in [2.24, 2.45) is 0 Å². The number of hydrogen-bond acceptors (Lipinski definition) is 12. The summed E-state index contributed by atoms with van der Waals surface area (Å²) in [6, 6.07) is 0. The Morgan fingerprint density at radius 2 is 0.545 bits per heavy atom. The molecule has 0 aromatic carbocycles. The average molecular weight is 436 g/mol. The van der Waals surface area contributed by atoms with Crippen LogP contribution in [0, 0.1) is 0 Å². The van der Waals surface area contributed by atoms with Crippen molar-refractivity contribution in [2.45, 2.75) is 0 Å². The minimum Gasteiger partial charge on any atom is -0.448 e. The smallest absolute Gasteiger partial charge is 0.448 e. The normalized spacial score (nSPS) is 6.00. The number of carboxylic acid groups (broad SMARTS) is 4. The fraction of sp³-hybridized carbons (Fsp3) is 0. The molecule has 18 heteroatoms. The summed E-state index contributed by atoms with van der Waals surface area (Å²) in [5.41, 5.74) is 0. The summed E-state index contributed by atoms with van der Waals surface area (Å²) < 4.78 is 0. The molecule has 0 spiro atoms. The summed E-state index contributed by atoms with van der Waals surface area (Å²) in [5.74, 6) is 0. The molecule has 0 aromatic rings. The molecule has 22 heavy (non-hydrogen) atoms. The van der Waals surface area contributed by atoms with Gasteiger partial charge in [0.15, 0.2) is 0 Å². The van der Waals surface area contributed by atoms with Crippen LogP contribution >= 0.6 is 0 Å². The van der Waals surface area contributed by atoms with Gasteiger partial charge in [0.05, 0.1) is 0 Å². The first-order chi connectivity index (χ1) is 9.08. The van der Waals surface area contributed by atoms with E-state index < -0.39 is 24.6 Å². The maximum atomic E-state index is 8.90. The summed E-state index contributed by atoms with van der Waals surface area (Å²) in [4.78, 5) is 46.2. The van der Waals surface area contributed by atoms with Gasteiger partial charge in [0.25, 0.3) is 0 Å². The van der Waals surface area contributed by atoms with Crippen molar-refractivity contribution in [1.82, 2.24) is 0 Å². The van der Waals surface area contributed by atoms with Gasteiger partial charge in [0.2, 0.25) is 0 Å². The topological polar surface area (TPSA) is 267 Å². The molecular formula is C4H8CoO16Zn. The summed E-state index contributed by atoms with van der Waals surface area (Å²) >= 11 is 0. The van der Waals surface area contributed by atoms with E-state index in [-0.39, 0.29) is 36.3 Å². The van der Waals surface area contributed by atoms with Gasteiger partial charge in [0, 0.05) is 36.3 Å². The van der Waals surface area contributed by atoms with Crippen molar-refractivity contribution >= 4 is 24.6 Å². The fourth-order valence-corrected chi connectivity index (χ4v) is 0. The molecule has 0 amide bonds. The minimum absolute atomic E-state index is 0. The van der Waals surface area contributed by atoms with Gasteiger partial charge in [-0.15, -0.1) is 0 Å². The fourth-order valence-electron chi connectivity index (χ4n) is 0. The zero-order valence-corrected chi connectivity index (χ0v) is 13.9. The van der Waals surface area contributed by atoms with Gasteiger partial charge in [-0.25, -0.2) is 19.2 Å². The van der Waals surface area contributed by atoms with E-state index in [2.05, 4.69) is 19.6 Å². The van der Waals surface area contributed by atoms with Crippen molar-refractivity contribution in [3.63, 3.8) is 0 Å². The Labute approximate surface area is 141 Å². The Morgan fingerprint density at radius 1 is 0.500 bits per heavy atom. The van der Waals surface area contributed by atoms with Gasteiger partial charge in [0.1, 0.15) is 0 Å². The Morgan fingerprint density at radius 3 is 0.545 bits per heavy atom. The molecule has 1 radical (unpaired) electrons. The molecule has 0 bridgehead atoms. The molecule has 131 valence electrons. The molecule has 16 nitrogen and oxygen atoms in total. The third-order valence-corrected chi connectivity index (χ3v) is 0.312. The Kier molecular flexibility index (Phi) is 52.7. The van der Waals surface area contributed by atoms with Crippen molar-refractivity contribution in [1.29, 1.82) is 0 Å². The molecule has 0 heterocycles. The van der Waals surface area contributed by atoms with E-state index in [1.807, 2.05) is 0 Å². The van der Waals surface area contributed by atoms with E-state index in [1.54, 1.807) is 0 Å². The van der Waals surface area contributed by atoms with Crippen LogP contribution in [-0.2, 0) is 55.8 Å². The van der Waals surface area contributed by atoms with Gasteiger partial charge in [-0.2, -0.15) is 21.0 Å². The van der Waals surface area contributed by atoms with E-state index in [0.717, 1.165) is 0 Å². The largest absolute Gasteiger partial charge is 0.537 e.